The van der Waals surface area contributed by atoms with Crippen molar-refractivity contribution in [3.05, 3.63) is 54.3 Å². The highest BCUT2D eigenvalue weighted by molar-refractivity contribution is 7.92. The van der Waals surface area contributed by atoms with E-state index in [0.29, 0.717) is 11.5 Å². The Morgan fingerprint density at radius 2 is 1.64 bits per heavy atom. The molecule has 25 heavy (non-hydrogen) atoms. The number of anilines is 1. The summed E-state index contributed by atoms with van der Waals surface area (Å²) in [5.41, 5.74) is 0.271. The van der Waals surface area contributed by atoms with E-state index in [0.717, 1.165) is 22.7 Å². The van der Waals surface area contributed by atoms with Crippen LogP contribution in [-0.2, 0) is 10.0 Å². The summed E-state index contributed by atoms with van der Waals surface area (Å²) in [4.78, 5) is 0. The highest BCUT2D eigenvalue weighted by Crippen LogP contribution is 2.20. The quantitative estimate of drug-likeness (QED) is 0.771. The molecule has 6 nitrogen and oxygen atoms in total. The molecule has 8 heteroatoms. The molecule has 0 fully saturated rings. The van der Waals surface area contributed by atoms with Crippen molar-refractivity contribution in [3.8, 4) is 11.5 Å². The van der Waals surface area contributed by atoms with Crippen molar-refractivity contribution in [1.82, 2.24) is 0 Å². The number of hydrogen-bond acceptors (Lipinski definition) is 5. The van der Waals surface area contributed by atoms with Gasteiger partial charge in [0.05, 0.1) is 25.6 Å². The predicted molar refractivity (Wildman–Crippen MR) is 93.1 cm³/mol. The summed E-state index contributed by atoms with van der Waals surface area (Å²) >= 11 is 0. The third-order valence-electron chi connectivity index (χ3n) is 3.39. The maximum absolute atomic E-state index is 13.0. The van der Waals surface area contributed by atoms with Crippen LogP contribution in [0, 0.1) is 5.82 Å². The molecular formula is C17H20FNO5S. The van der Waals surface area contributed by atoms with Gasteiger partial charge in [-0.1, -0.05) is 0 Å². The first-order valence-corrected chi connectivity index (χ1v) is 9.32. The molecule has 2 rings (SSSR count). The average Bonchev–Trinajstić information content (AvgIpc) is 2.58. The summed E-state index contributed by atoms with van der Waals surface area (Å²) in [7, 11) is -2.09. The summed E-state index contributed by atoms with van der Waals surface area (Å²) in [5, 5.41) is 10.1. The first-order valence-electron chi connectivity index (χ1n) is 7.48. The van der Waals surface area contributed by atoms with Gasteiger partial charge in [-0.25, -0.2) is 12.8 Å². The van der Waals surface area contributed by atoms with Crippen LogP contribution in [0.5, 0.6) is 11.5 Å². The van der Waals surface area contributed by atoms with Gasteiger partial charge < -0.3 is 14.6 Å². The molecule has 0 saturated heterocycles. The number of methoxy groups -OCH3 is 1. The van der Waals surface area contributed by atoms with Crippen LogP contribution >= 0.6 is 0 Å². The minimum absolute atomic E-state index is 0.0977. The standard InChI is InChI=1S/C17H20FNO5S/c1-23-16-7-9-17(10-8-16)24-12-15(20)11-19(25(2,21)22)14-5-3-13(18)4-6-14/h3-10,15,20H,11-12H2,1-2H3. The molecule has 2 aromatic rings. The SMILES string of the molecule is COc1ccc(OCC(O)CN(c2ccc(F)cc2)S(C)(=O)=O)cc1. The molecule has 0 radical (unpaired) electrons. The van der Waals surface area contributed by atoms with Crippen LogP contribution in [0.3, 0.4) is 0 Å². The maximum Gasteiger partial charge on any atom is 0.232 e. The molecule has 1 N–H and O–H groups in total. The van der Waals surface area contributed by atoms with Crippen LogP contribution in [0.15, 0.2) is 48.5 Å². The van der Waals surface area contributed by atoms with Crippen LogP contribution in [0.2, 0.25) is 0 Å². The van der Waals surface area contributed by atoms with E-state index in [-0.39, 0.29) is 18.8 Å². The third-order valence-corrected chi connectivity index (χ3v) is 4.55. The Kier molecular flexibility index (Phi) is 6.22. The van der Waals surface area contributed by atoms with Crippen molar-refractivity contribution < 1.29 is 27.4 Å². The fourth-order valence-corrected chi connectivity index (χ4v) is 3.10. The van der Waals surface area contributed by atoms with Crippen LogP contribution in [0.25, 0.3) is 0 Å². The van der Waals surface area contributed by atoms with E-state index in [1.54, 1.807) is 31.4 Å². The van der Waals surface area contributed by atoms with Gasteiger partial charge in [-0.05, 0) is 48.5 Å². The van der Waals surface area contributed by atoms with Crippen LogP contribution in [0.1, 0.15) is 0 Å². The van der Waals surface area contributed by atoms with Gasteiger partial charge in [0.15, 0.2) is 0 Å². The van der Waals surface area contributed by atoms with Crippen LogP contribution < -0.4 is 13.8 Å². The normalized spacial score (nSPS) is 12.5. The van der Waals surface area contributed by atoms with Crippen molar-refractivity contribution in [2.45, 2.75) is 6.10 Å². The molecule has 0 heterocycles. The fraction of sp³-hybridized carbons (Fsp3) is 0.294. The molecule has 0 bridgehead atoms. The van der Waals surface area contributed by atoms with E-state index in [1.807, 2.05) is 0 Å². The molecule has 2 aromatic carbocycles. The van der Waals surface area contributed by atoms with E-state index in [2.05, 4.69) is 0 Å². The number of sulfonamides is 1. The highest BCUT2D eigenvalue weighted by Gasteiger charge is 2.21. The molecule has 0 aromatic heterocycles. The van der Waals surface area contributed by atoms with Gasteiger partial charge in [-0.3, -0.25) is 4.31 Å². The van der Waals surface area contributed by atoms with Gasteiger partial charge in [0.2, 0.25) is 10.0 Å². The topological polar surface area (TPSA) is 76.1 Å². The van der Waals surface area contributed by atoms with E-state index in [1.165, 1.54) is 12.1 Å². The number of ether oxygens (including phenoxy) is 2. The second-order valence-electron chi connectivity index (χ2n) is 5.41. The molecular weight excluding hydrogens is 349 g/mol. The number of aliphatic hydroxyl groups is 1. The second-order valence-corrected chi connectivity index (χ2v) is 7.32. The highest BCUT2D eigenvalue weighted by atomic mass is 32.2. The lowest BCUT2D eigenvalue weighted by atomic mass is 10.3. The van der Waals surface area contributed by atoms with Crippen LogP contribution in [-0.4, -0.2) is 46.1 Å². The Hall–Kier alpha value is -2.32. The number of nitrogens with zero attached hydrogens (tertiary/aromatic N) is 1. The largest absolute Gasteiger partial charge is 0.497 e. The smallest absolute Gasteiger partial charge is 0.232 e. The number of halogens is 1. The van der Waals surface area contributed by atoms with Gasteiger partial charge in [-0.15, -0.1) is 0 Å². The summed E-state index contributed by atoms with van der Waals surface area (Å²) in [6.45, 7) is -0.305. The van der Waals surface area contributed by atoms with E-state index < -0.39 is 21.9 Å². The zero-order valence-corrected chi connectivity index (χ0v) is 14.7. The molecule has 0 saturated carbocycles. The Morgan fingerprint density at radius 1 is 1.08 bits per heavy atom. The minimum atomic E-state index is -3.64. The van der Waals surface area contributed by atoms with Gasteiger partial charge in [0, 0.05) is 0 Å². The minimum Gasteiger partial charge on any atom is -0.497 e. The van der Waals surface area contributed by atoms with Crippen molar-refractivity contribution in [2.24, 2.45) is 0 Å². The molecule has 1 unspecified atom stereocenters. The first-order chi connectivity index (χ1) is 11.8. The lowest BCUT2D eigenvalue weighted by Gasteiger charge is -2.25. The van der Waals surface area contributed by atoms with E-state index in [9.17, 15) is 17.9 Å². The summed E-state index contributed by atoms with van der Waals surface area (Å²) in [6, 6.07) is 11.8. The Balaban J connectivity index is 2.01. The molecule has 0 aliphatic carbocycles. The third kappa shape index (κ3) is 5.61. The Labute approximate surface area is 146 Å². The molecule has 0 amide bonds. The molecule has 0 aliphatic rings. The van der Waals surface area contributed by atoms with Crippen molar-refractivity contribution >= 4 is 15.7 Å². The first kappa shape index (κ1) is 19.0. The number of aliphatic hydroxyl groups excluding tert-OH is 1. The Morgan fingerprint density at radius 3 is 2.16 bits per heavy atom. The number of benzene rings is 2. The maximum atomic E-state index is 13.0. The van der Waals surface area contributed by atoms with Gasteiger partial charge in [-0.2, -0.15) is 0 Å². The van der Waals surface area contributed by atoms with Gasteiger partial charge >= 0.3 is 0 Å². The van der Waals surface area contributed by atoms with Crippen molar-refractivity contribution in [2.75, 3.05) is 30.8 Å². The van der Waals surface area contributed by atoms with Gasteiger partial charge in [0.25, 0.3) is 0 Å². The second kappa shape index (κ2) is 8.17. The molecule has 136 valence electrons. The van der Waals surface area contributed by atoms with Gasteiger partial charge in [0.1, 0.15) is 30.0 Å². The predicted octanol–water partition coefficient (Wildman–Crippen LogP) is 2.04. The number of rotatable bonds is 8. The van der Waals surface area contributed by atoms with Crippen molar-refractivity contribution in [1.29, 1.82) is 0 Å². The molecule has 0 aliphatic heterocycles. The number of hydrogen-bond donors (Lipinski definition) is 1. The zero-order chi connectivity index (χ0) is 18.4. The van der Waals surface area contributed by atoms with E-state index >= 15 is 0 Å². The van der Waals surface area contributed by atoms with Crippen LogP contribution in [0.4, 0.5) is 10.1 Å². The Bertz CT molecular complexity index is 778. The summed E-state index contributed by atoms with van der Waals surface area (Å²) in [5.74, 6) is 0.723. The lowest BCUT2D eigenvalue weighted by Crippen LogP contribution is -2.39. The van der Waals surface area contributed by atoms with E-state index in [4.69, 9.17) is 9.47 Å². The molecule has 0 spiro atoms. The lowest BCUT2D eigenvalue weighted by molar-refractivity contribution is 0.115. The molecule has 1 atom stereocenters. The summed E-state index contributed by atoms with van der Waals surface area (Å²) < 4.78 is 48.4. The summed E-state index contributed by atoms with van der Waals surface area (Å²) in [6.07, 6.45) is -0.0465. The monoisotopic (exact) mass is 369 g/mol. The average molecular weight is 369 g/mol. The zero-order valence-electron chi connectivity index (χ0n) is 13.9. The van der Waals surface area contributed by atoms with Crippen molar-refractivity contribution in [3.63, 3.8) is 0 Å². The fourth-order valence-electron chi connectivity index (χ4n) is 2.15.